The van der Waals surface area contributed by atoms with Crippen molar-refractivity contribution < 1.29 is 0 Å². The molecule has 0 aromatic carbocycles. The number of nitrogens with zero attached hydrogens (tertiary/aromatic N) is 3. The van der Waals surface area contributed by atoms with Crippen molar-refractivity contribution in [2.45, 2.75) is 13.8 Å². The molecule has 1 unspecified atom stereocenters. The van der Waals surface area contributed by atoms with Crippen LogP contribution in [0.15, 0.2) is 4.99 Å². The Hall–Kier alpha value is -1.24. The van der Waals surface area contributed by atoms with E-state index in [1.165, 1.54) is 0 Å². The minimum Gasteiger partial charge on any atom is -0.370 e. The van der Waals surface area contributed by atoms with E-state index >= 15 is 0 Å². The molecule has 0 saturated carbocycles. The van der Waals surface area contributed by atoms with Crippen LogP contribution in [0.4, 0.5) is 0 Å². The van der Waals surface area contributed by atoms with Crippen molar-refractivity contribution in [2.24, 2.45) is 16.6 Å². The number of guanidine groups is 1. The van der Waals surface area contributed by atoms with Crippen LogP contribution in [0.5, 0.6) is 0 Å². The summed E-state index contributed by atoms with van der Waals surface area (Å²) in [6, 6.07) is 2.14. The Morgan fingerprint density at radius 3 is 2.75 bits per heavy atom. The summed E-state index contributed by atoms with van der Waals surface area (Å²) < 4.78 is 0. The molecule has 4 nitrogen and oxygen atoms in total. The highest BCUT2D eigenvalue weighted by Gasteiger charge is 2.05. The summed E-state index contributed by atoms with van der Waals surface area (Å²) in [5.41, 5.74) is 5.60. The second-order valence-corrected chi connectivity index (χ2v) is 2.74. The predicted molar refractivity (Wildman–Crippen MR) is 49.6 cm³/mol. The highest BCUT2D eigenvalue weighted by Crippen LogP contribution is 1.94. The van der Waals surface area contributed by atoms with Crippen molar-refractivity contribution in [3.63, 3.8) is 0 Å². The molecule has 0 rings (SSSR count). The molecule has 0 bridgehead atoms. The van der Waals surface area contributed by atoms with Crippen LogP contribution < -0.4 is 5.73 Å². The molecule has 0 amide bonds. The third kappa shape index (κ3) is 3.81. The number of nitrogens with two attached hydrogens (primary N) is 1. The van der Waals surface area contributed by atoms with Crippen molar-refractivity contribution in [1.82, 2.24) is 4.90 Å². The molecule has 0 aromatic heterocycles. The average Bonchev–Trinajstić information content (AvgIpc) is 2.04. The highest BCUT2D eigenvalue weighted by molar-refractivity contribution is 5.77. The molecule has 0 spiro atoms. The molecular weight excluding hydrogens is 152 g/mol. The molecule has 0 aliphatic carbocycles. The first kappa shape index (κ1) is 10.8. The minimum absolute atomic E-state index is 0.0133. The second kappa shape index (κ2) is 5.42. The van der Waals surface area contributed by atoms with Crippen molar-refractivity contribution in [3.05, 3.63) is 0 Å². The lowest BCUT2D eigenvalue weighted by Crippen LogP contribution is -2.36. The van der Waals surface area contributed by atoms with Crippen molar-refractivity contribution in [1.29, 1.82) is 5.26 Å². The van der Waals surface area contributed by atoms with Crippen LogP contribution in [-0.2, 0) is 0 Å². The quantitative estimate of drug-likeness (QED) is 0.490. The van der Waals surface area contributed by atoms with Crippen molar-refractivity contribution >= 4 is 5.96 Å². The molecule has 0 aromatic rings. The molecular formula is C8H16N4. The van der Waals surface area contributed by atoms with E-state index in [2.05, 4.69) is 11.1 Å². The number of rotatable bonds is 3. The molecule has 2 N–H and O–H groups in total. The second-order valence-electron chi connectivity index (χ2n) is 2.74. The van der Waals surface area contributed by atoms with Gasteiger partial charge in [0, 0.05) is 20.1 Å². The van der Waals surface area contributed by atoms with Gasteiger partial charge in [0.1, 0.15) is 0 Å². The van der Waals surface area contributed by atoms with Gasteiger partial charge in [-0.25, -0.2) is 0 Å². The molecule has 0 saturated heterocycles. The molecule has 0 aliphatic rings. The summed E-state index contributed by atoms with van der Waals surface area (Å²) in [6.45, 7) is 5.09. The molecule has 0 radical (unpaired) electrons. The molecule has 0 aliphatic heterocycles. The minimum atomic E-state index is -0.0133. The maximum Gasteiger partial charge on any atom is 0.191 e. The molecule has 0 fully saturated rings. The molecule has 12 heavy (non-hydrogen) atoms. The molecule has 0 heterocycles. The van der Waals surface area contributed by atoms with Gasteiger partial charge in [0.05, 0.1) is 12.0 Å². The Bertz CT molecular complexity index is 192. The Morgan fingerprint density at radius 1 is 1.75 bits per heavy atom. The van der Waals surface area contributed by atoms with Gasteiger partial charge in [0.2, 0.25) is 0 Å². The van der Waals surface area contributed by atoms with E-state index in [0.29, 0.717) is 19.0 Å². The zero-order chi connectivity index (χ0) is 9.56. The number of hydrogen-bond donors (Lipinski definition) is 1. The standard InChI is InChI=1S/C8H16N4/c1-4-11-8(10)12(3)6-7(2)5-9/h7H,4,6H2,1-3H3,(H2,10,11). The van der Waals surface area contributed by atoms with Gasteiger partial charge in [-0.15, -0.1) is 0 Å². The van der Waals surface area contributed by atoms with E-state index < -0.39 is 0 Å². The molecule has 4 heteroatoms. The van der Waals surface area contributed by atoms with Gasteiger partial charge in [-0.1, -0.05) is 0 Å². The largest absolute Gasteiger partial charge is 0.370 e. The Kier molecular flexibility index (Phi) is 4.86. The number of aliphatic imine (C=N–C) groups is 1. The molecule has 1 atom stereocenters. The normalized spacial score (nSPS) is 13.7. The summed E-state index contributed by atoms with van der Waals surface area (Å²) >= 11 is 0. The SMILES string of the molecule is CCN=C(N)N(C)CC(C)C#N. The lowest BCUT2D eigenvalue weighted by molar-refractivity contribution is 0.448. The Morgan fingerprint density at radius 2 is 2.33 bits per heavy atom. The Labute approximate surface area is 73.7 Å². The number of hydrogen-bond acceptors (Lipinski definition) is 2. The fourth-order valence-electron chi connectivity index (χ4n) is 0.828. The van der Waals surface area contributed by atoms with Gasteiger partial charge in [0.15, 0.2) is 5.96 Å². The molecule has 68 valence electrons. The Balaban J connectivity index is 3.96. The van der Waals surface area contributed by atoms with E-state index in [1.807, 2.05) is 20.9 Å². The lowest BCUT2D eigenvalue weighted by atomic mass is 10.2. The first-order chi connectivity index (χ1) is 5.61. The zero-order valence-electron chi connectivity index (χ0n) is 7.91. The highest BCUT2D eigenvalue weighted by atomic mass is 15.2. The third-order valence-corrected chi connectivity index (χ3v) is 1.48. The van der Waals surface area contributed by atoms with Crippen LogP contribution in [0.3, 0.4) is 0 Å². The van der Waals surface area contributed by atoms with E-state index in [-0.39, 0.29) is 5.92 Å². The van der Waals surface area contributed by atoms with Crippen LogP contribution in [0, 0.1) is 17.2 Å². The summed E-state index contributed by atoms with van der Waals surface area (Å²) in [4.78, 5) is 5.81. The summed E-state index contributed by atoms with van der Waals surface area (Å²) in [7, 11) is 1.84. The van der Waals surface area contributed by atoms with Gasteiger partial charge < -0.3 is 10.6 Å². The van der Waals surface area contributed by atoms with Gasteiger partial charge in [-0.3, -0.25) is 4.99 Å². The van der Waals surface area contributed by atoms with Crippen molar-refractivity contribution in [3.8, 4) is 6.07 Å². The van der Waals surface area contributed by atoms with Crippen LogP contribution in [-0.4, -0.2) is 31.0 Å². The monoisotopic (exact) mass is 168 g/mol. The van der Waals surface area contributed by atoms with Gasteiger partial charge in [-0.2, -0.15) is 5.26 Å². The predicted octanol–water partition coefficient (Wildman–Crippen LogP) is 0.412. The van der Waals surface area contributed by atoms with E-state index in [1.54, 1.807) is 4.90 Å². The summed E-state index contributed by atoms with van der Waals surface area (Å²) in [6.07, 6.45) is 0. The van der Waals surface area contributed by atoms with E-state index in [9.17, 15) is 0 Å². The smallest absolute Gasteiger partial charge is 0.191 e. The fraction of sp³-hybridized carbons (Fsp3) is 0.750. The fourth-order valence-corrected chi connectivity index (χ4v) is 0.828. The van der Waals surface area contributed by atoms with Crippen LogP contribution in [0.2, 0.25) is 0 Å². The van der Waals surface area contributed by atoms with Crippen LogP contribution in [0.1, 0.15) is 13.8 Å². The van der Waals surface area contributed by atoms with Crippen LogP contribution in [0.25, 0.3) is 0 Å². The lowest BCUT2D eigenvalue weighted by Gasteiger charge is -2.18. The van der Waals surface area contributed by atoms with Gasteiger partial charge in [-0.05, 0) is 13.8 Å². The van der Waals surface area contributed by atoms with E-state index in [0.717, 1.165) is 0 Å². The maximum atomic E-state index is 8.54. The van der Waals surface area contributed by atoms with E-state index in [4.69, 9.17) is 11.0 Å². The third-order valence-electron chi connectivity index (χ3n) is 1.48. The van der Waals surface area contributed by atoms with Gasteiger partial charge >= 0.3 is 0 Å². The summed E-state index contributed by atoms with van der Waals surface area (Å²) in [5.74, 6) is 0.486. The topological polar surface area (TPSA) is 65.4 Å². The first-order valence-electron chi connectivity index (χ1n) is 4.02. The number of nitriles is 1. The summed E-state index contributed by atoms with van der Waals surface area (Å²) in [5, 5.41) is 8.54. The van der Waals surface area contributed by atoms with Crippen LogP contribution >= 0.6 is 0 Å². The first-order valence-corrected chi connectivity index (χ1v) is 4.02. The average molecular weight is 168 g/mol. The zero-order valence-corrected chi connectivity index (χ0v) is 7.91. The maximum absolute atomic E-state index is 8.54. The van der Waals surface area contributed by atoms with Crippen molar-refractivity contribution in [2.75, 3.05) is 20.1 Å². The van der Waals surface area contributed by atoms with Gasteiger partial charge in [0.25, 0.3) is 0 Å².